The summed E-state index contributed by atoms with van der Waals surface area (Å²) in [4.78, 5) is 35.9. The summed E-state index contributed by atoms with van der Waals surface area (Å²) in [6, 6.07) is 0. The standard InChI is InChI=1S/C14H14O7/c1-18-11-8-6(15)5-7(16)10(17)9(8)12(19-2)14(21-4)13(11)20-3/h5H2,1-4H3. The molecule has 0 saturated heterocycles. The highest BCUT2D eigenvalue weighted by Gasteiger charge is 2.40. The summed E-state index contributed by atoms with van der Waals surface area (Å²) in [7, 11) is 5.36. The molecule has 0 radical (unpaired) electrons. The Morgan fingerprint density at radius 3 is 1.48 bits per heavy atom. The third-order valence-corrected chi connectivity index (χ3v) is 3.22. The Kier molecular flexibility index (Phi) is 3.84. The Balaban J connectivity index is 2.97. The highest BCUT2D eigenvalue weighted by molar-refractivity contribution is 6.51. The van der Waals surface area contributed by atoms with Gasteiger partial charge in [-0.1, -0.05) is 0 Å². The first-order valence-corrected chi connectivity index (χ1v) is 6.02. The molecule has 1 aliphatic carbocycles. The van der Waals surface area contributed by atoms with Crippen LogP contribution in [0.2, 0.25) is 0 Å². The molecule has 21 heavy (non-hydrogen) atoms. The molecular formula is C14H14O7. The van der Waals surface area contributed by atoms with E-state index in [0.717, 1.165) is 0 Å². The fourth-order valence-electron chi connectivity index (χ4n) is 2.36. The van der Waals surface area contributed by atoms with Crippen LogP contribution in [-0.2, 0) is 4.79 Å². The number of carbonyl (C=O) groups excluding carboxylic acids is 3. The van der Waals surface area contributed by atoms with Crippen LogP contribution in [0.25, 0.3) is 0 Å². The van der Waals surface area contributed by atoms with Gasteiger partial charge in [-0.05, 0) is 0 Å². The molecule has 0 unspecified atom stereocenters. The zero-order valence-corrected chi connectivity index (χ0v) is 12.1. The van der Waals surface area contributed by atoms with E-state index in [-0.39, 0.29) is 34.1 Å². The van der Waals surface area contributed by atoms with Gasteiger partial charge in [-0.3, -0.25) is 14.4 Å². The van der Waals surface area contributed by atoms with Gasteiger partial charge in [0, 0.05) is 0 Å². The summed E-state index contributed by atoms with van der Waals surface area (Å²) >= 11 is 0. The molecule has 0 heterocycles. The van der Waals surface area contributed by atoms with Crippen molar-refractivity contribution >= 4 is 17.3 Å². The number of ketones is 3. The van der Waals surface area contributed by atoms with E-state index in [1.54, 1.807) is 0 Å². The van der Waals surface area contributed by atoms with Crippen LogP contribution in [0.5, 0.6) is 23.0 Å². The van der Waals surface area contributed by atoms with Crippen molar-refractivity contribution in [3.05, 3.63) is 11.1 Å². The minimum atomic E-state index is -0.805. The summed E-state index contributed by atoms with van der Waals surface area (Å²) in [5.74, 6) is -1.86. The number of rotatable bonds is 4. The third kappa shape index (κ3) is 2.01. The minimum Gasteiger partial charge on any atom is -0.492 e. The molecule has 0 saturated carbocycles. The van der Waals surface area contributed by atoms with Gasteiger partial charge in [0.05, 0.1) is 46.0 Å². The normalized spacial score (nSPS) is 13.8. The van der Waals surface area contributed by atoms with Crippen LogP contribution in [-0.4, -0.2) is 45.8 Å². The number of Topliss-reactive ketones (excluding diaryl/α,β-unsaturated/α-hetero) is 3. The van der Waals surface area contributed by atoms with Gasteiger partial charge in [0.1, 0.15) is 0 Å². The predicted octanol–water partition coefficient (Wildman–Crippen LogP) is 1.06. The number of hydrogen-bond acceptors (Lipinski definition) is 7. The van der Waals surface area contributed by atoms with Crippen molar-refractivity contribution in [1.82, 2.24) is 0 Å². The molecule has 1 aliphatic rings. The Labute approximate surface area is 120 Å². The molecule has 0 amide bonds. The van der Waals surface area contributed by atoms with E-state index in [1.807, 2.05) is 0 Å². The van der Waals surface area contributed by atoms with Gasteiger partial charge < -0.3 is 18.9 Å². The summed E-state index contributed by atoms with van der Waals surface area (Å²) in [6.45, 7) is 0. The molecule has 0 spiro atoms. The average molecular weight is 294 g/mol. The largest absolute Gasteiger partial charge is 0.492 e. The second kappa shape index (κ2) is 5.43. The number of carbonyl (C=O) groups is 3. The van der Waals surface area contributed by atoms with Gasteiger partial charge in [0.25, 0.3) is 0 Å². The molecule has 0 N–H and O–H groups in total. The minimum absolute atomic E-state index is 0.0170. The number of hydrogen-bond donors (Lipinski definition) is 0. The van der Waals surface area contributed by atoms with E-state index in [2.05, 4.69) is 0 Å². The van der Waals surface area contributed by atoms with Crippen molar-refractivity contribution in [3.63, 3.8) is 0 Å². The second-order valence-electron chi connectivity index (χ2n) is 4.24. The molecule has 1 aromatic rings. The molecule has 0 atom stereocenters. The molecule has 2 rings (SSSR count). The zero-order chi connectivity index (χ0) is 15.7. The van der Waals surface area contributed by atoms with Crippen LogP contribution in [0.15, 0.2) is 0 Å². The van der Waals surface area contributed by atoms with Crippen molar-refractivity contribution in [2.75, 3.05) is 28.4 Å². The lowest BCUT2D eigenvalue weighted by Gasteiger charge is -2.23. The van der Waals surface area contributed by atoms with E-state index in [1.165, 1.54) is 28.4 Å². The van der Waals surface area contributed by atoms with Gasteiger partial charge in [-0.25, -0.2) is 0 Å². The number of fused-ring (bicyclic) bond motifs is 1. The average Bonchev–Trinajstić information content (AvgIpc) is 2.49. The first-order chi connectivity index (χ1) is 10.0. The number of methoxy groups -OCH3 is 4. The maximum absolute atomic E-state index is 12.2. The van der Waals surface area contributed by atoms with E-state index in [9.17, 15) is 14.4 Å². The third-order valence-electron chi connectivity index (χ3n) is 3.22. The molecule has 0 bridgehead atoms. The van der Waals surface area contributed by atoms with Crippen molar-refractivity contribution in [3.8, 4) is 23.0 Å². The SMILES string of the molecule is COc1c(OC)c(OC)c2c(c1OC)C(=O)CC(=O)C2=O. The van der Waals surface area contributed by atoms with Crippen molar-refractivity contribution < 1.29 is 33.3 Å². The first-order valence-electron chi connectivity index (χ1n) is 6.02. The fourth-order valence-corrected chi connectivity index (χ4v) is 2.36. The molecule has 1 aromatic carbocycles. The predicted molar refractivity (Wildman–Crippen MR) is 70.9 cm³/mol. The van der Waals surface area contributed by atoms with Gasteiger partial charge >= 0.3 is 0 Å². The van der Waals surface area contributed by atoms with Gasteiger partial charge in [-0.15, -0.1) is 0 Å². The van der Waals surface area contributed by atoms with Gasteiger partial charge in [0.15, 0.2) is 17.3 Å². The quantitative estimate of drug-likeness (QED) is 0.606. The van der Waals surface area contributed by atoms with Crippen LogP contribution < -0.4 is 18.9 Å². The van der Waals surface area contributed by atoms with Crippen molar-refractivity contribution in [2.45, 2.75) is 6.42 Å². The molecule has 7 heteroatoms. The summed E-state index contributed by atoms with van der Waals surface area (Å²) in [5, 5.41) is 0. The fraction of sp³-hybridized carbons (Fsp3) is 0.357. The highest BCUT2D eigenvalue weighted by Crippen LogP contribution is 2.51. The van der Waals surface area contributed by atoms with E-state index >= 15 is 0 Å². The number of ether oxygens (including phenoxy) is 4. The highest BCUT2D eigenvalue weighted by atomic mass is 16.5. The van der Waals surface area contributed by atoms with E-state index in [0.29, 0.717) is 0 Å². The maximum atomic E-state index is 12.2. The molecule has 0 aromatic heterocycles. The lowest BCUT2D eigenvalue weighted by Crippen LogP contribution is -2.28. The van der Waals surface area contributed by atoms with Crippen molar-refractivity contribution in [1.29, 1.82) is 0 Å². The molecule has 0 fully saturated rings. The number of benzene rings is 1. The van der Waals surface area contributed by atoms with Crippen LogP contribution in [0.4, 0.5) is 0 Å². The molecule has 7 nitrogen and oxygen atoms in total. The summed E-state index contributed by atoms with van der Waals surface area (Å²) < 4.78 is 20.7. The molecular weight excluding hydrogens is 280 g/mol. The Morgan fingerprint density at radius 2 is 1.05 bits per heavy atom. The Bertz CT molecular complexity index is 645. The Hall–Kier alpha value is -2.57. The van der Waals surface area contributed by atoms with Crippen molar-refractivity contribution in [2.24, 2.45) is 0 Å². The van der Waals surface area contributed by atoms with E-state index in [4.69, 9.17) is 18.9 Å². The zero-order valence-electron chi connectivity index (χ0n) is 12.1. The van der Waals surface area contributed by atoms with E-state index < -0.39 is 23.8 Å². The van der Waals surface area contributed by atoms with Crippen LogP contribution in [0, 0.1) is 0 Å². The maximum Gasteiger partial charge on any atom is 0.233 e. The monoisotopic (exact) mass is 294 g/mol. The second-order valence-corrected chi connectivity index (χ2v) is 4.24. The lowest BCUT2D eigenvalue weighted by molar-refractivity contribution is -0.114. The Morgan fingerprint density at radius 1 is 0.619 bits per heavy atom. The lowest BCUT2D eigenvalue weighted by atomic mass is 9.86. The molecule has 0 aliphatic heterocycles. The smallest absolute Gasteiger partial charge is 0.233 e. The first kappa shape index (κ1) is 14.8. The summed E-state index contributed by atoms with van der Waals surface area (Å²) in [6.07, 6.45) is -0.499. The summed E-state index contributed by atoms with van der Waals surface area (Å²) in [5.41, 5.74) is -0.162. The van der Waals surface area contributed by atoms with Gasteiger partial charge in [0.2, 0.25) is 23.1 Å². The molecule has 112 valence electrons. The van der Waals surface area contributed by atoms with Crippen LogP contribution >= 0.6 is 0 Å². The topological polar surface area (TPSA) is 88.1 Å². The van der Waals surface area contributed by atoms with Crippen LogP contribution in [0.1, 0.15) is 27.1 Å². The van der Waals surface area contributed by atoms with Crippen LogP contribution in [0.3, 0.4) is 0 Å². The van der Waals surface area contributed by atoms with Gasteiger partial charge in [-0.2, -0.15) is 0 Å².